The maximum absolute atomic E-state index is 12.2. The summed E-state index contributed by atoms with van der Waals surface area (Å²) in [4.78, 5) is 23.4. The van der Waals surface area contributed by atoms with Gasteiger partial charge in [-0.1, -0.05) is 41.9 Å². The molecule has 0 saturated heterocycles. The summed E-state index contributed by atoms with van der Waals surface area (Å²) in [5.74, 6) is -1.52. The van der Waals surface area contributed by atoms with Crippen molar-refractivity contribution in [2.45, 2.75) is 6.92 Å². The van der Waals surface area contributed by atoms with Crippen molar-refractivity contribution in [3.63, 3.8) is 0 Å². The molecule has 0 aliphatic rings. The Morgan fingerprint density at radius 1 is 1.14 bits per heavy atom. The molecule has 0 atom stereocenters. The molecule has 2 aromatic rings. The summed E-state index contributed by atoms with van der Waals surface area (Å²) in [6, 6.07) is 13.7. The molecule has 0 unspecified atom stereocenters. The van der Waals surface area contributed by atoms with Crippen LogP contribution in [0.3, 0.4) is 0 Å². The molecular weight excluding hydrogens is 302 g/mol. The van der Waals surface area contributed by atoms with Crippen LogP contribution in [0.1, 0.15) is 22.8 Å². The summed E-state index contributed by atoms with van der Waals surface area (Å²) in [6.45, 7) is 1.67. The molecule has 1 amide bonds. The topological polar surface area (TPSA) is 66.4 Å². The smallest absolute Gasteiger partial charge is 0.337 e. The average molecular weight is 316 g/mol. The van der Waals surface area contributed by atoms with Gasteiger partial charge in [-0.25, -0.2) is 4.79 Å². The quantitative estimate of drug-likeness (QED) is 0.835. The summed E-state index contributed by atoms with van der Waals surface area (Å²) in [7, 11) is 0. The largest absolute Gasteiger partial charge is 0.478 e. The first-order chi connectivity index (χ1) is 10.5. The molecule has 0 fully saturated rings. The molecule has 0 aliphatic carbocycles. The van der Waals surface area contributed by atoms with E-state index in [1.807, 2.05) is 30.3 Å². The first-order valence-electron chi connectivity index (χ1n) is 6.55. The minimum absolute atomic E-state index is 0.0478. The third-order valence-corrected chi connectivity index (χ3v) is 3.24. The number of carbonyl (C=O) groups is 2. The Morgan fingerprint density at radius 2 is 1.82 bits per heavy atom. The molecule has 0 aromatic heterocycles. The van der Waals surface area contributed by atoms with Crippen LogP contribution in [0.2, 0.25) is 5.02 Å². The molecule has 2 aromatic carbocycles. The summed E-state index contributed by atoms with van der Waals surface area (Å²) < 4.78 is 0. The van der Waals surface area contributed by atoms with Crippen LogP contribution >= 0.6 is 11.6 Å². The van der Waals surface area contributed by atoms with E-state index in [0.29, 0.717) is 10.6 Å². The summed E-state index contributed by atoms with van der Waals surface area (Å²) in [5.41, 5.74) is 1.53. The zero-order chi connectivity index (χ0) is 16.1. The van der Waals surface area contributed by atoms with Crippen molar-refractivity contribution >= 4 is 35.2 Å². The SMILES string of the molecule is CC(=Cc1ccccc1)C(=O)Nc1ccc(Cl)cc1C(=O)O. The Labute approximate surface area is 133 Å². The van der Waals surface area contributed by atoms with E-state index in [0.717, 1.165) is 5.56 Å². The number of carboxylic acids is 1. The lowest BCUT2D eigenvalue weighted by Gasteiger charge is -2.09. The zero-order valence-corrected chi connectivity index (χ0v) is 12.6. The molecular formula is C17H14ClNO3. The molecule has 0 heterocycles. The lowest BCUT2D eigenvalue weighted by atomic mass is 10.1. The fraction of sp³-hybridized carbons (Fsp3) is 0.0588. The summed E-state index contributed by atoms with van der Waals surface area (Å²) in [5, 5.41) is 12.0. The van der Waals surface area contributed by atoms with Crippen LogP contribution in [0.25, 0.3) is 6.08 Å². The number of benzene rings is 2. The van der Waals surface area contributed by atoms with Gasteiger partial charge in [-0.15, -0.1) is 0 Å². The summed E-state index contributed by atoms with van der Waals surface area (Å²) in [6.07, 6.45) is 1.73. The Hall–Kier alpha value is -2.59. The molecule has 22 heavy (non-hydrogen) atoms. The number of carboxylic acid groups (broad SMARTS) is 1. The monoisotopic (exact) mass is 315 g/mol. The third kappa shape index (κ3) is 3.96. The van der Waals surface area contributed by atoms with E-state index in [1.165, 1.54) is 18.2 Å². The molecule has 5 heteroatoms. The normalized spacial score (nSPS) is 11.1. The highest BCUT2D eigenvalue weighted by atomic mass is 35.5. The molecule has 0 radical (unpaired) electrons. The summed E-state index contributed by atoms with van der Waals surface area (Å²) >= 11 is 5.78. The number of halogens is 1. The van der Waals surface area contributed by atoms with Gasteiger partial charge in [0.1, 0.15) is 0 Å². The third-order valence-electron chi connectivity index (χ3n) is 3.00. The molecule has 0 aliphatic heterocycles. The first-order valence-corrected chi connectivity index (χ1v) is 6.92. The van der Waals surface area contributed by atoms with Crippen molar-refractivity contribution in [1.82, 2.24) is 0 Å². The van der Waals surface area contributed by atoms with Crippen molar-refractivity contribution in [3.8, 4) is 0 Å². The van der Waals surface area contributed by atoms with Gasteiger partial charge < -0.3 is 10.4 Å². The highest BCUT2D eigenvalue weighted by molar-refractivity contribution is 6.31. The van der Waals surface area contributed by atoms with Crippen molar-refractivity contribution in [3.05, 3.63) is 70.3 Å². The number of amides is 1. The standard InChI is InChI=1S/C17H14ClNO3/c1-11(9-12-5-3-2-4-6-12)16(20)19-15-8-7-13(18)10-14(15)17(21)22/h2-10H,1H3,(H,19,20)(H,21,22). The van der Waals surface area contributed by atoms with Gasteiger partial charge in [-0.2, -0.15) is 0 Å². The second-order valence-corrected chi connectivity index (χ2v) is 5.12. The van der Waals surface area contributed by atoms with E-state index < -0.39 is 5.97 Å². The van der Waals surface area contributed by atoms with Gasteiger partial charge in [0.15, 0.2) is 0 Å². The van der Waals surface area contributed by atoms with Crippen molar-refractivity contribution in [2.75, 3.05) is 5.32 Å². The van der Waals surface area contributed by atoms with E-state index in [1.54, 1.807) is 13.0 Å². The van der Waals surface area contributed by atoms with Gasteiger partial charge in [0, 0.05) is 10.6 Å². The highest BCUT2D eigenvalue weighted by Gasteiger charge is 2.14. The number of nitrogens with one attached hydrogen (secondary N) is 1. The number of carbonyl (C=O) groups excluding carboxylic acids is 1. The molecule has 2 rings (SSSR count). The van der Waals surface area contributed by atoms with Crippen molar-refractivity contribution in [2.24, 2.45) is 0 Å². The predicted octanol–water partition coefficient (Wildman–Crippen LogP) is 4.08. The van der Waals surface area contributed by atoms with Gasteiger partial charge in [-0.3, -0.25) is 4.79 Å². The zero-order valence-electron chi connectivity index (χ0n) is 11.8. The number of anilines is 1. The Bertz CT molecular complexity index is 739. The predicted molar refractivity (Wildman–Crippen MR) is 87.1 cm³/mol. The van der Waals surface area contributed by atoms with Crippen LogP contribution in [0.4, 0.5) is 5.69 Å². The van der Waals surface area contributed by atoms with Crippen LogP contribution in [-0.2, 0) is 4.79 Å². The molecule has 0 spiro atoms. The fourth-order valence-corrected chi connectivity index (χ4v) is 2.06. The highest BCUT2D eigenvalue weighted by Crippen LogP contribution is 2.21. The number of rotatable bonds is 4. The second kappa shape index (κ2) is 6.91. The second-order valence-electron chi connectivity index (χ2n) is 4.69. The maximum Gasteiger partial charge on any atom is 0.337 e. The number of hydrogen-bond donors (Lipinski definition) is 2. The molecule has 0 saturated carbocycles. The Kier molecular flexibility index (Phi) is 4.96. The van der Waals surface area contributed by atoms with Crippen LogP contribution < -0.4 is 5.32 Å². The van der Waals surface area contributed by atoms with E-state index in [2.05, 4.69) is 5.32 Å². The minimum Gasteiger partial charge on any atom is -0.478 e. The number of aromatic carboxylic acids is 1. The average Bonchev–Trinajstić information content (AvgIpc) is 2.49. The fourth-order valence-electron chi connectivity index (χ4n) is 1.89. The van der Waals surface area contributed by atoms with Crippen LogP contribution in [0.15, 0.2) is 54.1 Å². The first kappa shape index (κ1) is 15.8. The number of hydrogen-bond acceptors (Lipinski definition) is 2. The lowest BCUT2D eigenvalue weighted by Crippen LogP contribution is -2.15. The van der Waals surface area contributed by atoms with Gasteiger partial charge in [0.05, 0.1) is 11.3 Å². The van der Waals surface area contributed by atoms with E-state index >= 15 is 0 Å². The molecule has 0 bridgehead atoms. The van der Waals surface area contributed by atoms with E-state index in [9.17, 15) is 9.59 Å². The van der Waals surface area contributed by atoms with Crippen molar-refractivity contribution in [1.29, 1.82) is 0 Å². The van der Waals surface area contributed by atoms with Gasteiger partial charge >= 0.3 is 5.97 Å². The minimum atomic E-state index is -1.15. The van der Waals surface area contributed by atoms with Crippen molar-refractivity contribution < 1.29 is 14.7 Å². The van der Waals surface area contributed by atoms with E-state index in [-0.39, 0.29) is 17.2 Å². The molecule has 2 N–H and O–H groups in total. The van der Waals surface area contributed by atoms with Gasteiger partial charge in [0.25, 0.3) is 5.91 Å². The van der Waals surface area contributed by atoms with Crippen LogP contribution in [0.5, 0.6) is 0 Å². The Balaban J connectivity index is 2.22. The molecule has 4 nitrogen and oxygen atoms in total. The van der Waals surface area contributed by atoms with Gasteiger partial charge in [-0.05, 0) is 36.8 Å². The van der Waals surface area contributed by atoms with E-state index in [4.69, 9.17) is 16.7 Å². The lowest BCUT2D eigenvalue weighted by molar-refractivity contribution is -0.112. The molecule has 112 valence electrons. The van der Waals surface area contributed by atoms with Gasteiger partial charge in [0.2, 0.25) is 0 Å². The van der Waals surface area contributed by atoms with Crippen LogP contribution in [0, 0.1) is 0 Å². The maximum atomic E-state index is 12.2. The Morgan fingerprint density at radius 3 is 2.45 bits per heavy atom. The van der Waals surface area contributed by atoms with Crippen LogP contribution in [-0.4, -0.2) is 17.0 Å².